The van der Waals surface area contributed by atoms with Crippen molar-refractivity contribution in [2.24, 2.45) is 0 Å². The molecule has 13 heavy (non-hydrogen) atoms. The quantitative estimate of drug-likeness (QED) is 0.571. The van der Waals surface area contributed by atoms with E-state index in [9.17, 15) is 9.59 Å². The lowest BCUT2D eigenvalue weighted by Gasteiger charge is -1.84. The molecule has 0 atom stereocenters. The second-order valence-corrected chi connectivity index (χ2v) is 2.48. The van der Waals surface area contributed by atoms with Crippen molar-refractivity contribution >= 4 is 17.0 Å². The SMILES string of the molecule is O=C(O)c1cc2nc[nH]c(=O)c2[nH]1. The van der Waals surface area contributed by atoms with Gasteiger partial charge in [0.05, 0.1) is 11.8 Å². The van der Waals surface area contributed by atoms with Gasteiger partial charge in [0, 0.05) is 0 Å². The highest BCUT2D eigenvalue weighted by Crippen LogP contribution is 2.06. The van der Waals surface area contributed by atoms with Crippen LogP contribution in [0.15, 0.2) is 17.2 Å². The fourth-order valence-corrected chi connectivity index (χ4v) is 1.07. The number of carboxylic acid groups (broad SMARTS) is 1. The van der Waals surface area contributed by atoms with Crippen molar-refractivity contribution in [1.82, 2.24) is 15.0 Å². The van der Waals surface area contributed by atoms with Crippen molar-refractivity contribution in [3.63, 3.8) is 0 Å². The number of carbonyl (C=O) groups is 1. The van der Waals surface area contributed by atoms with E-state index in [0.717, 1.165) is 0 Å². The maximum absolute atomic E-state index is 11.1. The van der Waals surface area contributed by atoms with Crippen molar-refractivity contribution < 1.29 is 9.90 Å². The van der Waals surface area contributed by atoms with Crippen LogP contribution in [0.4, 0.5) is 0 Å². The first-order valence-corrected chi connectivity index (χ1v) is 3.48. The van der Waals surface area contributed by atoms with Crippen LogP contribution in [-0.2, 0) is 0 Å². The molecule has 0 saturated carbocycles. The highest BCUT2D eigenvalue weighted by molar-refractivity contribution is 5.91. The van der Waals surface area contributed by atoms with Gasteiger partial charge >= 0.3 is 5.97 Å². The summed E-state index contributed by atoms with van der Waals surface area (Å²) in [5, 5.41) is 8.61. The summed E-state index contributed by atoms with van der Waals surface area (Å²) in [6.45, 7) is 0. The van der Waals surface area contributed by atoms with Gasteiger partial charge in [-0.15, -0.1) is 0 Å². The van der Waals surface area contributed by atoms with Gasteiger partial charge in [0.2, 0.25) is 0 Å². The van der Waals surface area contributed by atoms with Gasteiger partial charge in [-0.3, -0.25) is 4.79 Å². The summed E-state index contributed by atoms with van der Waals surface area (Å²) in [5.74, 6) is -1.11. The van der Waals surface area contributed by atoms with Crippen LogP contribution in [0.5, 0.6) is 0 Å². The first kappa shape index (κ1) is 7.53. The van der Waals surface area contributed by atoms with Gasteiger partial charge in [0.1, 0.15) is 11.2 Å². The predicted octanol–water partition coefficient (Wildman–Crippen LogP) is -0.0506. The van der Waals surface area contributed by atoms with E-state index in [2.05, 4.69) is 15.0 Å². The van der Waals surface area contributed by atoms with Crippen LogP contribution in [0.1, 0.15) is 10.5 Å². The molecule has 0 aliphatic carbocycles. The Kier molecular flexibility index (Phi) is 1.42. The lowest BCUT2D eigenvalue weighted by molar-refractivity contribution is 0.0691. The maximum atomic E-state index is 11.1. The highest BCUT2D eigenvalue weighted by Gasteiger charge is 2.09. The number of hydrogen-bond acceptors (Lipinski definition) is 3. The number of rotatable bonds is 1. The molecule has 0 amide bonds. The smallest absolute Gasteiger partial charge is 0.352 e. The second kappa shape index (κ2) is 2.44. The Labute approximate surface area is 71.2 Å². The van der Waals surface area contributed by atoms with Crippen LogP contribution < -0.4 is 5.56 Å². The topological polar surface area (TPSA) is 98.8 Å². The molecule has 0 aliphatic rings. The summed E-state index contributed by atoms with van der Waals surface area (Å²) >= 11 is 0. The van der Waals surface area contributed by atoms with E-state index in [1.165, 1.54) is 12.4 Å². The summed E-state index contributed by atoms with van der Waals surface area (Å²) in [7, 11) is 0. The Balaban J connectivity index is 2.83. The molecular formula is C7H5N3O3. The van der Waals surface area contributed by atoms with Crippen molar-refractivity contribution in [3.05, 3.63) is 28.4 Å². The van der Waals surface area contributed by atoms with Gasteiger partial charge in [-0.2, -0.15) is 0 Å². The molecule has 6 nitrogen and oxygen atoms in total. The van der Waals surface area contributed by atoms with Crippen molar-refractivity contribution in [1.29, 1.82) is 0 Å². The van der Waals surface area contributed by atoms with E-state index in [0.29, 0.717) is 5.52 Å². The van der Waals surface area contributed by atoms with Gasteiger partial charge in [-0.25, -0.2) is 9.78 Å². The van der Waals surface area contributed by atoms with Gasteiger partial charge in [0.25, 0.3) is 5.56 Å². The third-order valence-electron chi connectivity index (χ3n) is 1.65. The molecule has 3 N–H and O–H groups in total. The molecule has 0 bridgehead atoms. The number of nitrogens with zero attached hydrogens (tertiary/aromatic N) is 1. The summed E-state index contributed by atoms with van der Waals surface area (Å²) in [6, 6.07) is 1.31. The Morgan fingerprint density at radius 2 is 2.31 bits per heavy atom. The van der Waals surface area contributed by atoms with E-state index >= 15 is 0 Å². The predicted molar refractivity (Wildman–Crippen MR) is 43.7 cm³/mol. The van der Waals surface area contributed by atoms with E-state index in [1.807, 2.05) is 0 Å². The van der Waals surface area contributed by atoms with Crippen molar-refractivity contribution in [2.45, 2.75) is 0 Å². The van der Waals surface area contributed by atoms with Gasteiger partial charge in [-0.1, -0.05) is 0 Å². The monoisotopic (exact) mass is 179 g/mol. The largest absolute Gasteiger partial charge is 0.477 e. The fraction of sp³-hybridized carbons (Fsp3) is 0. The minimum atomic E-state index is -1.11. The molecule has 0 fully saturated rings. The summed E-state index contributed by atoms with van der Waals surface area (Å²) in [5.41, 5.74) is 0.109. The Morgan fingerprint density at radius 3 is 2.92 bits per heavy atom. The fourth-order valence-electron chi connectivity index (χ4n) is 1.07. The van der Waals surface area contributed by atoms with E-state index in [4.69, 9.17) is 5.11 Å². The molecule has 6 heteroatoms. The average Bonchev–Trinajstić information content (AvgIpc) is 2.49. The summed E-state index contributed by atoms with van der Waals surface area (Å²) < 4.78 is 0. The highest BCUT2D eigenvalue weighted by atomic mass is 16.4. The van der Waals surface area contributed by atoms with Crippen LogP contribution in [0.25, 0.3) is 11.0 Å². The number of aromatic amines is 2. The van der Waals surface area contributed by atoms with E-state index in [-0.39, 0.29) is 16.8 Å². The van der Waals surface area contributed by atoms with E-state index in [1.54, 1.807) is 0 Å². The number of H-pyrrole nitrogens is 2. The third-order valence-corrected chi connectivity index (χ3v) is 1.65. The molecule has 66 valence electrons. The number of aromatic nitrogens is 3. The number of carboxylic acids is 1. The first-order chi connectivity index (χ1) is 6.18. The first-order valence-electron chi connectivity index (χ1n) is 3.48. The standard InChI is InChI=1S/C7H5N3O3/c11-6-5-3(8-2-9-6)1-4(10-5)7(12)13/h1-2,10H,(H,12,13)(H,8,9,11). The minimum Gasteiger partial charge on any atom is -0.477 e. The number of aromatic carboxylic acids is 1. The zero-order chi connectivity index (χ0) is 9.42. The lowest BCUT2D eigenvalue weighted by Crippen LogP contribution is -2.06. The molecule has 0 saturated heterocycles. The maximum Gasteiger partial charge on any atom is 0.352 e. The van der Waals surface area contributed by atoms with Crippen LogP contribution >= 0.6 is 0 Å². The summed E-state index contributed by atoms with van der Waals surface area (Å²) in [6.07, 6.45) is 1.23. The minimum absolute atomic E-state index is 0.0424. The van der Waals surface area contributed by atoms with Crippen LogP contribution in [0.2, 0.25) is 0 Å². The number of fused-ring (bicyclic) bond motifs is 1. The second-order valence-electron chi connectivity index (χ2n) is 2.48. The molecular weight excluding hydrogens is 174 g/mol. The molecule has 0 aliphatic heterocycles. The third kappa shape index (κ3) is 1.08. The Hall–Kier alpha value is -2.11. The molecule has 0 spiro atoms. The van der Waals surface area contributed by atoms with Crippen LogP contribution in [0, 0.1) is 0 Å². The zero-order valence-electron chi connectivity index (χ0n) is 6.37. The molecule has 0 aromatic carbocycles. The number of hydrogen-bond donors (Lipinski definition) is 3. The molecule has 2 heterocycles. The zero-order valence-corrected chi connectivity index (χ0v) is 6.37. The average molecular weight is 179 g/mol. The molecule has 0 unspecified atom stereocenters. The Bertz CT molecular complexity index is 525. The van der Waals surface area contributed by atoms with Gasteiger partial charge in [-0.05, 0) is 6.07 Å². The van der Waals surface area contributed by atoms with Crippen LogP contribution in [-0.4, -0.2) is 26.0 Å². The molecule has 0 radical (unpaired) electrons. The van der Waals surface area contributed by atoms with E-state index < -0.39 is 5.97 Å². The normalized spacial score (nSPS) is 10.5. The molecule has 2 rings (SSSR count). The Morgan fingerprint density at radius 1 is 1.54 bits per heavy atom. The van der Waals surface area contributed by atoms with Crippen molar-refractivity contribution in [2.75, 3.05) is 0 Å². The van der Waals surface area contributed by atoms with Gasteiger partial charge < -0.3 is 15.1 Å². The molecule has 2 aromatic heterocycles. The van der Waals surface area contributed by atoms with Crippen molar-refractivity contribution in [3.8, 4) is 0 Å². The van der Waals surface area contributed by atoms with Crippen LogP contribution in [0.3, 0.4) is 0 Å². The number of nitrogens with one attached hydrogen (secondary N) is 2. The molecule has 2 aromatic rings. The summed E-state index contributed by atoms with van der Waals surface area (Å²) in [4.78, 5) is 30.2. The lowest BCUT2D eigenvalue weighted by atomic mass is 10.4. The van der Waals surface area contributed by atoms with Gasteiger partial charge in [0.15, 0.2) is 0 Å².